The van der Waals surface area contributed by atoms with Crippen molar-refractivity contribution in [2.24, 2.45) is 5.10 Å². The van der Waals surface area contributed by atoms with Crippen molar-refractivity contribution in [3.8, 4) is 11.5 Å². The molecule has 158 valence electrons. The van der Waals surface area contributed by atoms with Crippen molar-refractivity contribution in [1.82, 2.24) is 5.01 Å². The van der Waals surface area contributed by atoms with Gasteiger partial charge in [0.15, 0.2) is 0 Å². The Hall–Kier alpha value is -2.54. The third kappa shape index (κ3) is 4.03. The summed E-state index contributed by atoms with van der Waals surface area (Å²) in [6.45, 7) is 0.252. The van der Waals surface area contributed by atoms with Crippen LogP contribution in [0.5, 0.6) is 11.5 Å². The molecule has 2 atom stereocenters. The molecule has 0 bridgehead atoms. The van der Waals surface area contributed by atoms with E-state index in [1.165, 1.54) is 0 Å². The van der Waals surface area contributed by atoms with Gasteiger partial charge in [-0.15, -0.1) is 0 Å². The number of ether oxygens (including phenoxy) is 2. The molecule has 0 amide bonds. The van der Waals surface area contributed by atoms with E-state index in [0.29, 0.717) is 10.8 Å². The number of hydrogen-bond acceptors (Lipinski definition) is 5. The summed E-state index contributed by atoms with van der Waals surface area (Å²) in [7, 11) is 0. The number of hydrogen-bond donors (Lipinski definition) is 1. The van der Waals surface area contributed by atoms with Crippen LogP contribution in [0.1, 0.15) is 35.4 Å². The van der Waals surface area contributed by atoms with Crippen molar-refractivity contribution in [2.75, 3.05) is 13.2 Å². The summed E-state index contributed by atoms with van der Waals surface area (Å²) in [5.74, 6) is 1.57. The number of hydrazone groups is 1. The first-order valence-corrected chi connectivity index (χ1v) is 11.2. The van der Waals surface area contributed by atoms with E-state index in [-0.39, 0.29) is 25.5 Å². The Bertz CT molecular complexity index is 1120. The highest BCUT2D eigenvalue weighted by Crippen LogP contribution is 2.48. The second-order valence-electron chi connectivity index (χ2n) is 7.45. The maximum absolute atomic E-state index is 8.96. The fourth-order valence-electron chi connectivity index (χ4n) is 3.99. The molecule has 0 fully saturated rings. The average Bonchev–Trinajstić information content (AvgIpc) is 3.24. The summed E-state index contributed by atoms with van der Waals surface area (Å²) >= 11 is 9.66. The predicted molar refractivity (Wildman–Crippen MR) is 124 cm³/mol. The number of aliphatic hydroxyl groups is 1. The van der Waals surface area contributed by atoms with Gasteiger partial charge in [-0.25, -0.2) is 5.01 Å². The predicted octanol–water partition coefficient (Wildman–Crippen LogP) is 5.72. The third-order valence-corrected chi connectivity index (χ3v) is 6.20. The quantitative estimate of drug-likeness (QED) is 0.488. The summed E-state index contributed by atoms with van der Waals surface area (Å²) in [5.41, 5.74) is 4.16. The van der Waals surface area contributed by atoms with Gasteiger partial charge in [-0.05, 0) is 60.2 Å². The lowest BCUT2D eigenvalue weighted by molar-refractivity contribution is -0.0191. The molecule has 0 saturated heterocycles. The summed E-state index contributed by atoms with van der Waals surface area (Å²) in [5, 5.41) is 16.7. The number of halogens is 2. The van der Waals surface area contributed by atoms with Gasteiger partial charge in [0.1, 0.15) is 18.1 Å². The second kappa shape index (κ2) is 8.54. The Balaban J connectivity index is 1.52. The Morgan fingerprint density at radius 1 is 1.10 bits per heavy atom. The second-order valence-corrected chi connectivity index (χ2v) is 8.80. The molecule has 3 aromatic rings. The topological polar surface area (TPSA) is 54.3 Å². The average molecular weight is 500 g/mol. The van der Waals surface area contributed by atoms with Gasteiger partial charge in [0.05, 0.1) is 18.4 Å². The highest BCUT2D eigenvalue weighted by atomic mass is 79.9. The van der Waals surface area contributed by atoms with Gasteiger partial charge in [0.2, 0.25) is 6.23 Å². The van der Waals surface area contributed by atoms with Crippen LogP contribution in [-0.2, 0) is 0 Å². The van der Waals surface area contributed by atoms with Crippen molar-refractivity contribution in [3.05, 3.63) is 92.9 Å². The largest absolute Gasteiger partial charge is 0.491 e. The van der Waals surface area contributed by atoms with E-state index in [1.807, 2.05) is 65.7 Å². The van der Waals surface area contributed by atoms with Crippen molar-refractivity contribution in [2.45, 2.75) is 18.7 Å². The molecule has 0 aliphatic carbocycles. The number of benzene rings is 3. The Kier molecular flexibility index (Phi) is 5.61. The summed E-state index contributed by atoms with van der Waals surface area (Å²) in [6, 6.07) is 21.7. The summed E-state index contributed by atoms with van der Waals surface area (Å²) in [4.78, 5) is 0. The standard InChI is InChI=1S/C24H20BrClN2O3/c25-17-5-10-23-20(13-17)22-14-21(15-1-6-18(26)7-2-15)27-28(22)24(31-23)16-3-8-19(9-4-16)30-12-11-29/h1-10,13,22,24,29H,11-12,14H2/t22-,24+/m0/s1. The van der Waals surface area contributed by atoms with Crippen LogP contribution in [-0.4, -0.2) is 29.0 Å². The fourth-order valence-corrected chi connectivity index (χ4v) is 4.49. The highest BCUT2D eigenvalue weighted by molar-refractivity contribution is 9.10. The molecule has 3 aromatic carbocycles. The molecular formula is C24H20BrClN2O3. The first-order chi connectivity index (χ1) is 15.1. The maximum Gasteiger partial charge on any atom is 0.213 e. The van der Waals surface area contributed by atoms with Crippen molar-refractivity contribution in [3.63, 3.8) is 0 Å². The van der Waals surface area contributed by atoms with E-state index in [1.54, 1.807) is 0 Å². The van der Waals surface area contributed by atoms with Crippen LogP contribution in [0.2, 0.25) is 5.02 Å². The van der Waals surface area contributed by atoms with E-state index in [9.17, 15) is 0 Å². The van der Waals surface area contributed by atoms with E-state index < -0.39 is 0 Å². The Morgan fingerprint density at radius 3 is 2.61 bits per heavy atom. The highest BCUT2D eigenvalue weighted by Gasteiger charge is 2.41. The molecule has 1 N–H and O–H groups in total. The molecular weight excluding hydrogens is 480 g/mol. The molecule has 0 aromatic heterocycles. The number of fused-ring (bicyclic) bond motifs is 3. The normalized spacial score (nSPS) is 19.3. The lowest BCUT2D eigenvalue weighted by Gasteiger charge is -2.38. The Labute approximate surface area is 194 Å². The molecule has 2 heterocycles. The molecule has 0 spiro atoms. The fraction of sp³-hybridized carbons (Fsp3) is 0.208. The molecule has 2 aliphatic rings. The molecule has 31 heavy (non-hydrogen) atoms. The first kappa shape index (κ1) is 20.4. The number of nitrogens with zero attached hydrogens (tertiary/aromatic N) is 2. The lowest BCUT2D eigenvalue weighted by atomic mass is 9.96. The zero-order valence-electron chi connectivity index (χ0n) is 16.5. The van der Waals surface area contributed by atoms with Crippen LogP contribution < -0.4 is 9.47 Å². The zero-order valence-corrected chi connectivity index (χ0v) is 18.9. The first-order valence-electron chi connectivity index (χ1n) is 10.0. The van der Waals surface area contributed by atoms with E-state index in [2.05, 4.69) is 22.0 Å². The third-order valence-electron chi connectivity index (χ3n) is 5.45. The minimum absolute atomic E-state index is 0.0164. The van der Waals surface area contributed by atoms with Gasteiger partial charge < -0.3 is 14.6 Å². The van der Waals surface area contributed by atoms with Gasteiger partial charge in [0.25, 0.3) is 0 Å². The van der Waals surface area contributed by atoms with Crippen LogP contribution in [0, 0.1) is 0 Å². The van der Waals surface area contributed by atoms with Crippen LogP contribution in [0.25, 0.3) is 0 Å². The monoisotopic (exact) mass is 498 g/mol. The van der Waals surface area contributed by atoms with Crippen LogP contribution in [0.15, 0.2) is 76.3 Å². The minimum atomic E-state index is -0.352. The van der Waals surface area contributed by atoms with Gasteiger partial charge in [-0.2, -0.15) is 5.10 Å². The minimum Gasteiger partial charge on any atom is -0.491 e. The van der Waals surface area contributed by atoms with Crippen molar-refractivity contribution in [1.29, 1.82) is 0 Å². The number of rotatable bonds is 5. The molecule has 2 aliphatic heterocycles. The maximum atomic E-state index is 8.96. The van der Waals surface area contributed by atoms with Gasteiger partial charge in [-0.1, -0.05) is 39.7 Å². The van der Waals surface area contributed by atoms with Crippen molar-refractivity contribution >= 4 is 33.2 Å². The van der Waals surface area contributed by atoms with Gasteiger partial charge in [0, 0.05) is 27.0 Å². The smallest absolute Gasteiger partial charge is 0.213 e. The molecule has 5 nitrogen and oxygen atoms in total. The SMILES string of the molecule is OCCOc1ccc([C@H]2Oc3ccc(Br)cc3[C@@H]3CC(c4ccc(Cl)cc4)=NN23)cc1. The van der Waals surface area contributed by atoms with Crippen molar-refractivity contribution < 1.29 is 14.6 Å². The van der Waals surface area contributed by atoms with E-state index in [0.717, 1.165) is 39.0 Å². The number of aliphatic hydroxyl groups excluding tert-OH is 1. The van der Waals surface area contributed by atoms with E-state index in [4.69, 9.17) is 31.3 Å². The van der Waals surface area contributed by atoms with Gasteiger partial charge in [-0.3, -0.25) is 0 Å². The van der Waals surface area contributed by atoms with Crippen LogP contribution >= 0.6 is 27.5 Å². The molecule has 0 saturated carbocycles. The summed E-state index contributed by atoms with van der Waals surface area (Å²) in [6.07, 6.45) is 0.429. The zero-order chi connectivity index (χ0) is 21.4. The Morgan fingerprint density at radius 2 is 1.87 bits per heavy atom. The summed E-state index contributed by atoms with van der Waals surface area (Å²) < 4.78 is 12.9. The molecule has 0 unspecified atom stereocenters. The van der Waals surface area contributed by atoms with Crippen LogP contribution in [0.4, 0.5) is 0 Å². The molecule has 5 rings (SSSR count). The van der Waals surface area contributed by atoms with Crippen LogP contribution in [0.3, 0.4) is 0 Å². The van der Waals surface area contributed by atoms with E-state index >= 15 is 0 Å². The lowest BCUT2D eigenvalue weighted by Crippen LogP contribution is -2.33. The molecule has 0 radical (unpaired) electrons. The molecule has 7 heteroatoms. The van der Waals surface area contributed by atoms with Gasteiger partial charge >= 0.3 is 0 Å².